The molecule has 0 fully saturated rings. The lowest BCUT2D eigenvalue weighted by molar-refractivity contribution is 0.306. The van der Waals surface area contributed by atoms with E-state index in [9.17, 15) is 0 Å². The van der Waals surface area contributed by atoms with Crippen LogP contribution < -0.4 is 9.47 Å². The van der Waals surface area contributed by atoms with Crippen molar-refractivity contribution in [2.45, 2.75) is 18.6 Å². The molecule has 8 aromatic carbocycles. The number of ether oxygens (including phenoxy) is 2. The largest absolute Gasteiger partial charge is 0.489 e. The number of halogens is 2. The summed E-state index contributed by atoms with van der Waals surface area (Å²) in [5, 5.41) is 4.56. The van der Waals surface area contributed by atoms with Crippen LogP contribution in [-0.2, 0) is 18.6 Å². The van der Waals surface area contributed by atoms with Crippen LogP contribution in [-0.4, -0.2) is 0 Å². The van der Waals surface area contributed by atoms with Gasteiger partial charge in [-0.3, -0.25) is 0 Å². The van der Waals surface area contributed by atoms with Crippen LogP contribution in [0.25, 0.3) is 44.8 Å². The minimum Gasteiger partial charge on any atom is -0.489 e. The molecular weight excluding hydrogens is 804 g/mol. The molecule has 55 heavy (non-hydrogen) atoms. The maximum absolute atomic E-state index is 6.26. The molecule has 266 valence electrons. The minimum absolute atomic E-state index is 0.501. The third kappa shape index (κ3) is 6.50. The van der Waals surface area contributed by atoms with Gasteiger partial charge in [-0.1, -0.05) is 154 Å². The van der Waals surface area contributed by atoms with Gasteiger partial charge in [0.25, 0.3) is 0 Å². The van der Waals surface area contributed by atoms with Gasteiger partial charge in [0, 0.05) is 8.95 Å². The Morgan fingerprint density at radius 1 is 0.436 bits per heavy atom. The number of hydrogen-bond donors (Lipinski definition) is 0. The number of hydrogen-bond acceptors (Lipinski definition) is 2. The van der Waals surface area contributed by atoms with Crippen molar-refractivity contribution in [1.82, 2.24) is 0 Å². The topological polar surface area (TPSA) is 18.5 Å². The molecule has 0 aromatic heterocycles. The fraction of sp³-hybridized carbons (Fsp3) is 0.0588. The van der Waals surface area contributed by atoms with Gasteiger partial charge < -0.3 is 9.47 Å². The van der Waals surface area contributed by atoms with Crippen molar-refractivity contribution in [2.24, 2.45) is 0 Å². The third-order valence-electron chi connectivity index (χ3n) is 10.8. The average Bonchev–Trinajstić information content (AvgIpc) is 3.51. The van der Waals surface area contributed by atoms with E-state index < -0.39 is 5.41 Å². The lowest BCUT2D eigenvalue weighted by atomic mass is 9.67. The van der Waals surface area contributed by atoms with Crippen molar-refractivity contribution in [3.63, 3.8) is 0 Å². The molecule has 0 spiro atoms. The minimum atomic E-state index is -0.583. The molecule has 0 heterocycles. The third-order valence-corrected chi connectivity index (χ3v) is 11.8. The summed E-state index contributed by atoms with van der Waals surface area (Å²) in [4.78, 5) is 0. The van der Waals surface area contributed by atoms with Crippen molar-refractivity contribution < 1.29 is 9.47 Å². The maximum atomic E-state index is 6.26. The maximum Gasteiger partial charge on any atom is 0.120 e. The van der Waals surface area contributed by atoms with Crippen LogP contribution in [0.5, 0.6) is 11.5 Å². The van der Waals surface area contributed by atoms with Gasteiger partial charge in [0.2, 0.25) is 0 Å². The Labute approximate surface area is 338 Å². The number of benzene rings is 8. The molecule has 0 N–H and O–H groups in total. The van der Waals surface area contributed by atoms with Gasteiger partial charge in [-0.15, -0.1) is 0 Å². The van der Waals surface area contributed by atoms with Crippen molar-refractivity contribution in [2.75, 3.05) is 0 Å². The summed E-state index contributed by atoms with van der Waals surface area (Å²) in [5.74, 6) is 1.69. The van der Waals surface area contributed by atoms with Crippen LogP contribution in [0.15, 0.2) is 180 Å². The van der Waals surface area contributed by atoms with E-state index in [1.165, 1.54) is 33.4 Å². The second-order valence-corrected chi connectivity index (χ2v) is 15.9. The second kappa shape index (κ2) is 14.5. The van der Waals surface area contributed by atoms with Crippen molar-refractivity contribution in [1.29, 1.82) is 0 Å². The summed E-state index contributed by atoms with van der Waals surface area (Å²) in [6.07, 6.45) is 3.70. The highest BCUT2D eigenvalue weighted by molar-refractivity contribution is 9.10. The van der Waals surface area contributed by atoms with Gasteiger partial charge in [-0.05, 0) is 138 Å². The van der Waals surface area contributed by atoms with E-state index in [1.54, 1.807) is 0 Å². The van der Waals surface area contributed by atoms with Crippen molar-refractivity contribution in [3.05, 3.63) is 224 Å². The van der Waals surface area contributed by atoms with E-state index >= 15 is 0 Å². The molecule has 1 aliphatic rings. The molecule has 0 atom stereocenters. The van der Waals surface area contributed by atoms with Crippen molar-refractivity contribution >= 4 is 65.6 Å². The van der Waals surface area contributed by atoms with Crippen LogP contribution in [0.1, 0.15) is 44.5 Å². The Balaban J connectivity index is 1.13. The van der Waals surface area contributed by atoms with E-state index in [-0.39, 0.29) is 0 Å². The van der Waals surface area contributed by atoms with E-state index in [0.29, 0.717) is 13.2 Å². The van der Waals surface area contributed by atoms with E-state index in [0.717, 1.165) is 64.2 Å². The van der Waals surface area contributed by atoms with Gasteiger partial charge in [0.1, 0.15) is 24.7 Å². The second-order valence-electron chi connectivity index (χ2n) is 14.0. The SMILES string of the molecule is C=Cc1ccc(COc2ccc3cc(C4(c5ccc6cc(OCc7ccc(C=C)cc7)ccc6c5)c5cc(Br)ccc5-c5ccc(Br)cc54)ccc3c2)cc1. The molecule has 0 bridgehead atoms. The Morgan fingerprint density at radius 3 is 1.25 bits per heavy atom. The predicted octanol–water partition coefficient (Wildman–Crippen LogP) is 14.3. The first kappa shape index (κ1) is 35.0. The highest BCUT2D eigenvalue weighted by Crippen LogP contribution is 2.57. The van der Waals surface area contributed by atoms with Crippen LogP contribution >= 0.6 is 31.9 Å². The molecule has 8 aromatic rings. The molecule has 2 nitrogen and oxygen atoms in total. The monoisotopic (exact) mass is 838 g/mol. The Kier molecular flexibility index (Phi) is 9.25. The summed E-state index contributed by atoms with van der Waals surface area (Å²) < 4.78 is 14.6. The molecule has 1 aliphatic carbocycles. The van der Waals surface area contributed by atoms with Crippen LogP contribution in [0.2, 0.25) is 0 Å². The normalized spacial score (nSPS) is 12.6. The molecule has 0 saturated heterocycles. The van der Waals surface area contributed by atoms with Crippen LogP contribution in [0.4, 0.5) is 0 Å². The standard InChI is InChI=1S/C51H36Br2O2/c1-3-33-5-9-35(10-6-33)31-54-45-21-15-37-25-41(17-13-39(37)27-45)51(49-29-43(52)19-23-47(49)48-24-20-44(53)30-50(48)51)42-18-14-40-28-46(22-16-38(40)26-42)55-32-36-11-7-34(4-2)8-12-36/h3-30H,1-2,31-32H2. The van der Waals surface area contributed by atoms with Crippen LogP contribution in [0, 0.1) is 0 Å². The Hall–Kier alpha value is -5.68. The number of fused-ring (bicyclic) bond motifs is 5. The predicted molar refractivity (Wildman–Crippen MR) is 236 cm³/mol. The van der Waals surface area contributed by atoms with Gasteiger partial charge >= 0.3 is 0 Å². The lowest BCUT2D eigenvalue weighted by Gasteiger charge is -2.34. The highest BCUT2D eigenvalue weighted by Gasteiger charge is 2.46. The van der Waals surface area contributed by atoms with Crippen molar-refractivity contribution in [3.8, 4) is 22.6 Å². The van der Waals surface area contributed by atoms with E-state index in [4.69, 9.17) is 9.47 Å². The first-order valence-electron chi connectivity index (χ1n) is 18.3. The zero-order valence-electron chi connectivity index (χ0n) is 30.1. The summed E-state index contributed by atoms with van der Waals surface area (Å²) in [6, 6.07) is 56.5. The molecule has 0 aliphatic heterocycles. The highest BCUT2D eigenvalue weighted by atomic mass is 79.9. The Bertz CT molecular complexity index is 2570. The molecule has 4 heteroatoms. The smallest absolute Gasteiger partial charge is 0.120 e. The molecule has 0 amide bonds. The lowest BCUT2D eigenvalue weighted by Crippen LogP contribution is -2.28. The molecule has 9 rings (SSSR count). The zero-order valence-corrected chi connectivity index (χ0v) is 33.2. The van der Waals surface area contributed by atoms with Gasteiger partial charge in [0.15, 0.2) is 0 Å². The van der Waals surface area contributed by atoms with Crippen LogP contribution in [0.3, 0.4) is 0 Å². The molecular formula is C51H36Br2O2. The fourth-order valence-electron chi connectivity index (χ4n) is 7.98. The zero-order chi connectivity index (χ0) is 37.5. The van der Waals surface area contributed by atoms with Gasteiger partial charge in [-0.25, -0.2) is 0 Å². The quantitative estimate of drug-likeness (QED) is 0.137. The summed E-state index contributed by atoms with van der Waals surface area (Å²) in [7, 11) is 0. The number of rotatable bonds is 10. The average molecular weight is 841 g/mol. The van der Waals surface area contributed by atoms with E-state index in [2.05, 4.69) is 203 Å². The fourth-order valence-corrected chi connectivity index (χ4v) is 8.71. The van der Waals surface area contributed by atoms with Gasteiger partial charge in [0.05, 0.1) is 5.41 Å². The molecule has 0 saturated carbocycles. The Morgan fingerprint density at radius 2 is 0.836 bits per heavy atom. The van der Waals surface area contributed by atoms with Gasteiger partial charge in [-0.2, -0.15) is 0 Å². The van der Waals surface area contributed by atoms with E-state index in [1.807, 2.05) is 12.2 Å². The molecule has 0 radical (unpaired) electrons. The summed E-state index contributed by atoms with van der Waals surface area (Å²) in [5.41, 5.74) is 11.2. The molecule has 0 unspecified atom stereocenters. The first-order valence-corrected chi connectivity index (χ1v) is 19.9. The first-order chi connectivity index (χ1) is 26.9. The summed E-state index contributed by atoms with van der Waals surface area (Å²) in [6.45, 7) is 8.71. The summed E-state index contributed by atoms with van der Waals surface area (Å²) >= 11 is 7.70.